The van der Waals surface area contributed by atoms with Crippen LogP contribution in [0.1, 0.15) is 73.7 Å². The summed E-state index contributed by atoms with van der Waals surface area (Å²) in [4.78, 5) is 13.2. The van der Waals surface area contributed by atoms with E-state index in [4.69, 9.17) is 16.1 Å². The van der Waals surface area contributed by atoms with Crippen molar-refractivity contribution in [3.05, 3.63) is 34.4 Å². The Morgan fingerprint density at radius 1 is 1.31 bits per heavy atom. The number of aryl methyl sites for hydroxylation is 1. The lowest BCUT2D eigenvalue weighted by Crippen LogP contribution is -2.56. The van der Waals surface area contributed by atoms with E-state index in [0.717, 1.165) is 29.7 Å². The molecular weight excluding hydrogens is 388 g/mol. The molecule has 1 N–H and O–H groups in total. The van der Waals surface area contributed by atoms with Crippen LogP contribution >= 0.6 is 11.6 Å². The van der Waals surface area contributed by atoms with Crippen molar-refractivity contribution in [1.82, 2.24) is 20.3 Å². The van der Waals surface area contributed by atoms with Crippen LogP contribution in [-0.4, -0.2) is 26.9 Å². The number of aromatic nitrogens is 3. The van der Waals surface area contributed by atoms with Gasteiger partial charge in [-0.1, -0.05) is 23.7 Å². The van der Waals surface area contributed by atoms with Crippen LogP contribution in [0.25, 0.3) is 0 Å². The fourth-order valence-electron chi connectivity index (χ4n) is 6.86. The van der Waals surface area contributed by atoms with Gasteiger partial charge in [-0.15, -0.1) is 0 Å². The molecule has 2 heterocycles. The van der Waals surface area contributed by atoms with Crippen LogP contribution in [-0.2, 0) is 6.54 Å². The second kappa shape index (κ2) is 7.15. The van der Waals surface area contributed by atoms with Gasteiger partial charge in [0.2, 0.25) is 0 Å². The summed E-state index contributed by atoms with van der Waals surface area (Å²) in [7, 11) is 0. The highest BCUT2D eigenvalue weighted by molar-refractivity contribution is 6.30. The first kappa shape index (κ1) is 19.2. The Bertz CT molecular complexity index is 883. The van der Waals surface area contributed by atoms with Crippen molar-refractivity contribution in [2.75, 3.05) is 0 Å². The SMILES string of the molecule is CCC(NC(=O)c1noc(C)c1Cn1cc(Cl)cn1)C12CC3CC(CC(C3)C1)C2. The molecule has 0 radical (unpaired) electrons. The van der Waals surface area contributed by atoms with Gasteiger partial charge in [0.1, 0.15) is 5.76 Å². The normalized spacial score (nSPS) is 31.2. The van der Waals surface area contributed by atoms with Gasteiger partial charge in [0.05, 0.1) is 17.8 Å². The van der Waals surface area contributed by atoms with E-state index in [1.54, 1.807) is 17.1 Å². The second-order valence-corrected chi connectivity index (χ2v) is 10.1. The number of amides is 1. The first-order valence-electron chi connectivity index (χ1n) is 10.9. The largest absolute Gasteiger partial charge is 0.361 e. The molecule has 1 amide bonds. The van der Waals surface area contributed by atoms with Crippen molar-refractivity contribution < 1.29 is 9.32 Å². The minimum Gasteiger partial charge on any atom is -0.361 e. The summed E-state index contributed by atoms with van der Waals surface area (Å²) in [6, 6.07) is 0.201. The predicted molar refractivity (Wildman–Crippen MR) is 110 cm³/mol. The summed E-state index contributed by atoms with van der Waals surface area (Å²) < 4.78 is 7.08. The van der Waals surface area contributed by atoms with E-state index < -0.39 is 0 Å². The van der Waals surface area contributed by atoms with E-state index in [-0.39, 0.29) is 17.4 Å². The van der Waals surface area contributed by atoms with Crippen LogP contribution in [0.4, 0.5) is 0 Å². The quantitative estimate of drug-likeness (QED) is 0.746. The molecule has 6 rings (SSSR count). The molecule has 4 bridgehead atoms. The predicted octanol–water partition coefficient (Wildman–Crippen LogP) is 4.61. The minimum absolute atomic E-state index is 0.127. The molecule has 29 heavy (non-hydrogen) atoms. The van der Waals surface area contributed by atoms with E-state index in [2.05, 4.69) is 22.5 Å². The Labute approximate surface area is 176 Å². The van der Waals surface area contributed by atoms with Gasteiger partial charge in [0.15, 0.2) is 5.69 Å². The Morgan fingerprint density at radius 3 is 2.52 bits per heavy atom. The fourth-order valence-corrected chi connectivity index (χ4v) is 7.02. The van der Waals surface area contributed by atoms with Crippen LogP contribution in [0, 0.1) is 30.1 Å². The van der Waals surface area contributed by atoms with Crippen molar-refractivity contribution in [2.45, 2.75) is 71.4 Å². The highest BCUT2D eigenvalue weighted by Gasteiger charge is 2.54. The van der Waals surface area contributed by atoms with Gasteiger partial charge in [-0.05, 0) is 75.0 Å². The van der Waals surface area contributed by atoms with Crippen molar-refractivity contribution in [3.8, 4) is 0 Å². The topological polar surface area (TPSA) is 73.0 Å². The lowest BCUT2D eigenvalue weighted by atomic mass is 9.47. The van der Waals surface area contributed by atoms with Gasteiger partial charge >= 0.3 is 0 Å². The number of nitrogens with one attached hydrogen (secondary N) is 1. The Kier molecular flexibility index (Phi) is 4.72. The zero-order chi connectivity index (χ0) is 20.2. The molecule has 2 aromatic heterocycles. The Balaban J connectivity index is 1.36. The molecular formula is C22H29ClN4O2. The average molecular weight is 417 g/mol. The summed E-state index contributed by atoms with van der Waals surface area (Å²) in [6.07, 6.45) is 12.3. The smallest absolute Gasteiger partial charge is 0.274 e. The molecule has 1 atom stereocenters. The van der Waals surface area contributed by atoms with E-state index in [1.807, 2.05) is 6.92 Å². The maximum absolute atomic E-state index is 13.2. The number of hydrogen-bond donors (Lipinski definition) is 1. The van der Waals surface area contributed by atoms with Crippen molar-refractivity contribution in [3.63, 3.8) is 0 Å². The van der Waals surface area contributed by atoms with E-state index in [0.29, 0.717) is 23.0 Å². The van der Waals surface area contributed by atoms with Crippen LogP contribution in [0.3, 0.4) is 0 Å². The molecule has 4 aliphatic rings. The number of hydrogen-bond acceptors (Lipinski definition) is 4. The third-order valence-electron chi connectivity index (χ3n) is 7.66. The number of rotatable bonds is 6. The lowest BCUT2D eigenvalue weighted by molar-refractivity contribution is -0.0727. The van der Waals surface area contributed by atoms with Gasteiger partial charge in [-0.3, -0.25) is 9.48 Å². The van der Waals surface area contributed by atoms with E-state index >= 15 is 0 Å². The maximum atomic E-state index is 13.2. The van der Waals surface area contributed by atoms with Crippen molar-refractivity contribution in [1.29, 1.82) is 0 Å². The van der Waals surface area contributed by atoms with Crippen LogP contribution < -0.4 is 5.32 Å². The summed E-state index contributed by atoms with van der Waals surface area (Å²) in [5.74, 6) is 3.10. The zero-order valence-corrected chi connectivity index (χ0v) is 17.9. The minimum atomic E-state index is -0.127. The summed E-state index contributed by atoms with van der Waals surface area (Å²) in [6.45, 7) is 4.45. The van der Waals surface area contributed by atoms with E-state index in [1.165, 1.54) is 38.5 Å². The molecule has 4 fully saturated rings. The monoisotopic (exact) mass is 416 g/mol. The highest BCUT2D eigenvalue weighted by Crippen LogP contribution is 2.61. The van der Waals surface area contributed by atoms with Gasteiger partial charge < -0.3 is 9.84 Å². The average Bonchev–Trinajstić information content (AvgIpc) is 3.24. The molecule has 4 saturated carbocycles. The summed E-state index contributed by atoms with van der Waals surface area (Å²) in [5.41, 5.74) is 1.41. The molecule has 156 valence electrons. The summed E-state index contributed by atoms with van der Waals surface area (Å²) >= 11 is 5.98. The molecule has 4 aliphatic carbocycles. The van der Waals surface area contributed by atoms with Crippen molar-refractivity contribution >= 4 is 17.5 Å². The fraction of sp³-hybridized carbons (Fsp3) is 0.682. The molecule has 6 nitrogen and oxygen atoms in total. The van der Waals surface area contributed by atoms with Crippen LogP contribution in [0.2, 0.25) is 5.02 Å². The molecule has 0 aromatic carbocycles. The second-order valence-electron chi connectivity index (χ2n) is 9.64. The number of carbonyl (C=O) groups is 1. The zero-order valence-electron chi connectivity index (χ0n) is 17.2. The maximum Gasteiger partial charge on any atom is 0.274 e. The van der Waals surface area contributed by atoms with Gasteiger partial charge in [-0.25, -0.2) is 0 Å². The van der Waals surface area contributed by atoms with Crippen LogP contribution in [0.5, 0.6) is 0 Å². The van der Waals surface area contributed by atoms with Gasteiger partial charge in [0, 0.05) is 17.8 Å². The molecule has 0 aliphatic heterocycles. The molecule has 7 heteroatoms. The van der Waals surface area contributed by atoms with Gasteiger partial charge in [0.25, 0.3) is 5.91 Å². The standard InChI is InChI=1S/C22H29ClN4O2/c1-3-19(22-7-14-4-15(8-22)6-16(5-14)9-22)25-21(28)20-18(13(2)29-26-20)12-27-11-17(23)10-24-27/h10-11,14-16,19H,3-9,12H2,1-2H3,(H,25,28). The number of carbonyl (C=O) groups excluding carboxylic acids is 1. The Hall–Kier alpha value is -1.82. The molecule has 2 aromatic rings. The third-order valence-corrected chi connectivity index (χ3v) is 7.86. The highest BCUT2D eigenvalue weighted by atomic mass is 35.5. The Morgan fingerprint density at radius 2 is 1.97 bits per heavy atom. The summed E-state index contributed by atoms with van der Waals surface area (Å²) in [5, 5.41) is 12.2. The van der Waals surface area contributed by atoms with Crippen LogP contribution in [0.15, 0.2) is 16.9 Å². The molecule has 1 unspecified atom stereocenters. The first-order chi connectivity index (χ1) is 14.0. The number of nitrogens with zero attached hydrogens (tertiary/aromatic N) is 3. The van der Waals surface area contributed by atoms with Gasteiger partial charge in [-0.2, -0.15) is 5.10 Å². The lowest BCUT2D eigenvalue weighted by Gasteiger charge is -2.59. The number of halogens is 1. The van der Waals surface area contributed by atoms with E-state index in [9.17, 15) is 4.79 Å². The molecule has 0 saturated heterocycles. The third kappa shape index (κ3) is 3.39. The molecule has 0 spiro atoms. The van der Waals surface area contributed by atoms with Crippen molar-refractivity contribution in [2.24, 2.45) is 23.2 Å². The first-order valence-corrected chi connectivity index (χ1v) is 11.3.